The van der Waals surface area contributed by atoms with Gasteiger partial charge in [0.2, 0.25) is 0 Å². The van der Waals surface area contributed by atoms with Crippen LogP contribution in [0, 0.1) is 0 Å². The van der Waals surface area contributed by atoms with E-state index in [1.807, 2.05) is 0 Å². The average Bonchev–Trinajstić information content (AvgIpc) is 2.70. The summed E-state index contributed by atoms with van der Waals surface area (Å²) in [4.78, 5) is 21.1. The van der Waals surface area contributed by atoms with Crippen molar-refractivity contribution in [3.63, 3.8) is 0 Å². The van der Waals surface area contributed by atoms with E-state index in [0.29, 0.717) is 0 Å². The first-order valence-corrected chi connectivity index (χ1v) is 5.29. The maximum Gasteiger partial charge on any atom is 0.404 e. The van der Waals surface area contributed by atoms with Gasteiger partial charge in [0.05, 0.1) is 13.2 Å². The van der Waals surface area contributed by atoms with Crippen LogP contribution in [0.4, 0.5) is 9.59 Å². The lowest BCUT2D eigenvalue weighted by Gasteiger charge is -2.15. The lowest BCUT2D eigenvalue weighted by atomic mass is 10.1. The Morgan fingerprint density at radius 2 is 1.31 bits per heavy atom. The Labute approximate surface area is 101 Å². The molecule has 2 fully saturated rings. The molecule has 0 bridgehead atoms. The van der Waals surface area contributed by atoms with E-state index in [2.05, 4.69) is 0 Å². The zero-order valence-corrected chi connectivity index (χ0v) is 9.44. The second-order valence-electron chi connectivity index (χ2n) is 3.38. The van der Waals surface area contributed by atoms with Crippen molar-refractivity contribution in [3.8, 4) is 0 Å². The highest BCUT2D eigenvalue weighted by Crippen LogP contribution is 2.31. The number of halogens is 2. The van der Waals surface area contributed by atoms with Crippen LogP contribution in [0.15, 0.2) is 0 Å². The molecule has 16 heavy (non-hydrogen) atoms. The van der Waals surface area contributed by atoms with E-state index in [-0.39, 0.29) is 13.2 Å². The normalized spacial score (nSPS) is 36.9. The summed E-state index contributed by atoms with van der Waals surface area (Å²) in [6.45, 7) is 0.314. The van der Waals surface area contributed by atoms with E-state index >= 15 is 0 Å². The fraction of sp³-hybridized carbons (Fsp3) is 0.750. The van der Waals surface area contributed by atoms with E-state index in [4.69, 9.17) is 42.1 Å². The first-order chi connectivity index (χ1) is 7.58. The van der Waals surface area contributed by atoms with Gasteiger partial charge in [-0.15, -0.1) is 0 Å². The van der Waals surface area contributed by atoms with Crippen molar-refractivity contribution >= 4 is 34.1 Å². The average molecular weight is 271 g/mol. The summed E-state index contributed by atoms with van der Waals surface area (Å²) in [6.07, 6.45) is -2.09. The minimum atomic E-state index is -0.921. The van der Waals surface area contributed by atoms with E-state index in [1.54, 1.807) is 0 Å². The maximum absolute atomic E-state index is 10.6. The van der Waals surface area contributed by atoms with Crippen LogP contribution < -0.4 is 0 Å². The van der Waals surface area contributed by atoms with Crippen LogP contribution in [-0.4, -0.2) is 48.5 Å². The highest BCUT2D eigenvalue weighted by atomic mass is 35.5. The van der Waals surface area contributed by atoms with Crippen LogP contribution in [0.1, 0.15) is 0 Å². The predicted octanol–water partition coefficient (Wildman–Crippen LogP) is 1.27. The summed E-state index contributed by atoms with van der Waals surface area (Å²) in [6, 6.07) is 0. The second-order valence-corrected chi connectivity index (χ2v) is 4.00. The smallest absolute Gasteiger partial charge is 0.404 e. The second kappa shape index (κ2) is 4.75. The van der Waals surface area contributed by atoms with Gasteiger partial charge in [0.25, 0.3) is 0 Å². The maximum atomic E-state index is 10.6. The van der Waals surface area contributed by atoms with Gasteiger partial charge in [0.15, 0.2) is 12.2 Å². The molecule has 2 heterocycles. The van der Waals surface area contributed by atoms with Crippen molar-refractivity contribution in [1.82, 2.24) is 0 Å². The highest BCUT2D eigenvalue weighted by molar-refractivity contribution is 6.61. The van der Waals surface area contributed by atoms with Gasteiger partial charge >= 0.3 is 10.9 Å². The molecule has 2 saturated heterocycles. The summed E-state index contributed by atoms with van der Waals surface area (Å²) >= 11 is 10.2. The van der Waals surface area contributed by atoms with E-state index < -0.39 is 35.3 Å². The summed E-state index contributed by atoms with van der Waals surface area (Å²) in [5.74, 6) is 0. The molecule has 0 spiro atoms. The zero-order valence-electron chi connectivity index (χ0n) is 7.93. The monoisotopic (exact) mass is 270 g/mol. The van der Waals surface area contributed by atoms with Crippen LogP contribution in [0.3, 0.4) is 0 Å². The van der Waals surface area contributed by atoms with Crippen LogP contribution in [0.25, 0.3) is 0 Å². The van der Waals surface area contributed by atoms with E-state index in [9.17, 15) is 9.59 Å². The first-order valence-electron chi connectivity index (χ1n) is 4.53. The van der Waals surface area contributed by atoms with Gasteiger partial charge in [-0.1, -0.05) is 0 Å². The fourth-order valence-corrected chi connectivity index (χ4v) is 2.10. The molecule has 0 saturated carbocycles. The molecule has 8 heteroatoms. The lowest BCUT2D eigenvalue weighted by Crippen LogP contribution is -2.34. The molecule has 2 rings (SSSR count). The van der Waals surface area contributed by atoms with Crippen molar-refractivity contribution in [3.05, 3.63) is 0 Å². The van der Waals surface area contributed by atoms with Gasteiger partial charge in [0, 0.05) is 23.2 Å². The van der Waals surface area contributed by atoms with Crippen molar-refractivity contribution < 1.29 is 28.5 Å². The Bertz CT molecular complexity index is 279. The summed E-state index contributed by atoms with van der Waals surface area (Å²) in [5, 5.41) is 0. The van der Waals surface area contributed by atoms with Crippen LogP contribution in [-0.2, 0) is 18.9 Å². The van der Waals surface area contributed by atoms with Crippen LogP contribution >= 0.6 is 23.2 Å². The molecule has 4 atom stereocenters. The van der Waals surface area contributed by atoms with Gasteiger partial charge in [-0.2, -0.15) is 0 Å². The predicted molar refractivity (Wildman–Crippen MR) is 51.7 cm³/mol. The van der Waals surface area contributed by atoms with Crippen molar-refractivity contribution in [1.29, 1.82) is 0 Å². The SMILES string of the molecule is O=C(Cl)O[C@@H]1CO[C@@H]2[C@H]1OC[C@H]2OC(=O)Cl. The minimum Gasteiger partial charge on any atom is -0.445 e. The van der Waals surface area contributed by atoms with Gasteiger partial charge < -0.3 is 18.9 Å². The van der Waals surface area contributed by atoms with Gasteiger partial charge in [0.1, 0.15) is 12.2 Å². The molecule has 0 aromatic carbocycles. The van der Waals surface area contributed by atoms with Gasteiger partial charge in [-0.05, 0) is 0 Å². The van der Waals surface area contributed by atoms with Crippen molar-refractivity contribution in [2.45, 2.75) is 24.4 Å². The molecule has 2 aliphatic rings. The number of hydrogen-bond acceptors (Lipinski definition) is 6. The van der Waals surface area contributed by atoms with Crippen LogP contribution in [0.5, 0.6) is 0 Å². The Hall–Kier alpha value is -0.560. The molecule has 0 aromatic rings. The topological polar surface area (TPSA) is 71.1 Å². The molecule has 0 radical (unpaired) electrons. The fourth-order valence-electron chi connectivity index (χ4n) is 1.87. The molecule has 0 aromatic heterocycles. The summed E-state index contributed by atoms with van der Waals surface area (Å²) in [5.41, 5.74) is -1.84. The third kappa shape index (κ3) is 2.40. The van der Waals surface area contributed by atoms with E-state index in [0.717, 1.165) is 0 Å². The molecular weight excluding hydrogens is 263 g/mol. The van der Waals surface area contributed by atoms with E-state index in [1.165, 1.54) is 0 Å². The number of ether oxygens (including phenoxy) is 4. The molecule has 0 amide bonds. The standard InChI is InChI=1S/C8H8Cl2O6/c9-7(11)15-3-1-13-6-4(16-8(10)12)2-14-5(3)6/h3-6H,1-2H2/t3-,4-,5+,6+/m1/s1. The molecule has 0 aliphatic carbocycles. The van der Waals surface area contributed by atoms with Crippen molar-refractivity contribution in [2.24, 2.45) is 0 Å². The molecule has 0 N–H and O–H groups in total. The summed E-state index contributed by atoms with van der Waals surface area (Å²) in [7, 11) is 0. The van der Waals surface area contributed by atoms with Gasteiger partial charge in [-0.25, -0.2) is 9.59 Å². The lowest BCUT2D eigenvalue weighted by molar-refractivity contribution is -0.00291. The first kappa shape index (κ1) is 11.9. The number of carbonyl (C=O) groups is 2. The third-order valence-electron chi connectivity index (χ3n) is 2.45. The number of rotatable bonds is 2. The highest BCUT2D eigenvalue weighted by Gasteiger charge is 2.51. The number of hydrogen-bond donors (Lipinski definition) is 0. The quantitative estimate of drug-likeness (QED) is 0.704. The van der Waals surface area contributed by atoms with Crippen LogP contribution in [0.2, 0.25) is 0 Å². The molecule has 6 nitrogen and oxygen atoms in total. The summed E-state index contributed by atoms with van der Waals surface area (Å²) < 4.78 is 20.2. The third-order valence-corrected chi connectivity index (χ3v) is 2.63. The molecular formula is C8H8Cl2O6. The molecule has 0 unspecified atom stereocenters. The largest absolute Gasteiger partial charge is 0.445 e. The zero-order chi connectivity index (χ0) is 11.7. The Balaban J connectivity index is 1.95. The number of fused-ring (bicyclic) bond motifs is 1. The van der Waals surface area contributed by atoms with Gasteiger partial charge in [-0.3, -0.25) is 0 Å². The minimum absolute atomic E-state index is 0.157. The number of carbonyl (C=O) groups excluding carboxylic acids is 2. The molecule has 2 aliphatic heterocycles. The Morgan fingerprint density at radius 1 is 0.938 bits per heavy atom. The Morgan fingerprint density at radius 3 is 1.62 bits per heavy atom. The molecule has 90 valence electrons. The van der Waals surface area contributed by atoms with Crippen molar-refractivity contribution in [2.75, 3.05) is 13.2 Å². The Kier molecular flexibility index (Phi) is 3.53.